The number of fused-ring (bicyclic) bond motifs is 1. The Kier molecular flexibility index (Phi) is 3.61. The molecule has 1 aliphatic rings. The number of aromatic nitrogens is 2. The van der Waals surface area contributed by atoms with Gasteiger partial charge in [0.15, 0.2) is 5.69 Å². The van der Waals surface area contributed by atoms with Crippen LogP contribution in [-0.4, -0.2) is 22.1 Å². The van der Waals surface area contributed by atoms with Crippen LogP contribution in [0.15, 0.2) is 48.5 Å². The molecular formula is C19H18N4O. The van der Waals surface area contributed by atoms with Crippen LogP contribution in [0.4, 0.5) is 5.69 Å². The van der Waals surface area contributed by atoms with Crippen LogP contribution in [0.3, 0.4) is 0 Å². The van der Waals surface area contributed by atoms with Gasteiger partial charge in [-0.05, 0) is 24.8 Å². The van der Waals surface area contributed by atoms with E-state index in [0.29, 0.717) is 11.2 Å². The summed E-state index contributed by atoms with van der Waals surface area (Å²) in [6, 6.07) is 16.0. The molecule has 1 heterocycles. The van der Waals surface area contributed by atoms with Crippen molar-refractivity contribution in [1.29, 1.82) is 0 Å². The highest BCUT2D eigenvalue weighted by molar-refractivity contribution is 6.07. The van der Waals surface area contributed by atoms with Gasteiger partial charge in [-0.25, -0.2) is 0 Å². The van der Waals surface area contributed by atoms with E-state index in [-0.39, 0.29) is 17.6 Å². The van der Waals surface area contributed by atoms with Crippen LogP contribution >= 0.6 is 0 Å². The fraction of sp³-hybridized carbons (Fsp3) is 0.211. The highest BCUT2D eigenvalue weighted by Crippen LogP contribution is 2.30. The summed E-state index contributed by atoms with van der Waals surface area (Å²) in [7, 11) is 0. The van der Waals surface area contributed by atoms with Crippen LogP contribution < -0.4 is 11.1 Å². The molecule has 0 bridgehead atoms. The predicted octanol–water partition coefficient (Wildman–Crippen LogP) is 3.16. The van der Waals surface area contributed by atoms with Crippen LogP contribution in [0.2, 0.25) is 0 Å². The van der Waals surface area contributed by atoms with Gasteiger partial charge in [-0.2, -0.15) is 0 Å². The van der Waals surface area contributed by atoms with Gasteiger partial charge >= 0.3 is 0 Å². The third kappa shape index (κ3) is 2.48. The van der Waals surface area contributed by atoms with Crippen LogP contribution in [0.5, 0.6) is 0 Å². The zero-order chi connectivity index (χ0) is 16.5. The molecule has 1 aromatic heterocycles. The first-order chi connectivity index (χ1) is 11.7. The molecule has 1 saturated carbocycles. The molecule has 0 saturated heterocycles. The lowest BCUT2D eigenvalue weighted by molar-refractivity contribution is 0.0912. The largest absolute Gasteiger partial charge is 0.396 e. The van der Waals surface area contributed by atoms with Crippen molar-refractivity contribution in [2.24, 2.45) is 0 Å². The highest BCUT2D eigenvalue weighted by Gasteiger charge is 2.23. The van der Waals surface area contributed by atoms with Crippen LogP contribution in [0, 0.1) is 0 Å². The number of nitrogen functional groups attached to an aromatic ring is 1. The number of benzene rings is 2. The van der Waals surface area contributed by atoms with Crippen molar-refractivity contribution in [1.82, 2.24) is 15.5 Å². The Morgan fingerprint density at radius 2 is 1.83 bits per heavy atom. The molecule has 0 aliphatic heterocycles. The first-order valence-electron chi connectivity index (χ1n) is 8.15. The Bertz CT molecular complexity index is 904. The molecule has 2 aromatic carbocycles. The monoisotopic (exact) mass is 318 g/mol. The lowest BCUT2D eigenvalue weighted by atomic mass is 9.93. The molecule has 3 N–H and O–H groups in total. The zero-order valence-electron chi connectivity index (χ0n) is 13.2. The molecular weight excluding hydrogens is 300 g/mol. The van der Waals surface area contributed by atoms with Gasteiger partial charge in [0.2, 0.25) is 0 Å². The van der Waals surface area contributed by atoms with Crippen molar-refractivity contribution < 1.29 is 4.79 Å². The van der Waals surface area contributed by atoms with Crippen LogP contribution in [0.25, 0.3) is 22.0 Å². The number of nitrogens with two attached hydrogens (primary N) is 1. The van der Waals surface area contributed by atoms with Crippen LogP contribution in [-0.2, 0) is 0 Å². The first-order valence-corrected chi connectivity index (χ1v) is 8.15. The molecule has 0 unspecified atom stereocenters. The second-order valence-corrected chi connectivity index (χ2v) is 6.13. The fourth-order valence-corrected chi connectivity index (χ4v) is 2.97. The topological polar surface area (TPSA) is 80.9 Å². The summed E-state index contributed by atoms with van der Waals surface area (Å²) in [6.07, 6.45) is 3.19. The third-order valence-electron chi connectivity index (χ3n) is 4.57. The van der Waals surface area contributed by atoms with E-state index >= 15 is 0 Å². The van der Waals surface area contributed by atoms with Gasteiger partial charge in [-0.15, -0.1) is 10.2 Å². The van der Waals surface area contributed by atoms with E-state index < -0.39 is 0 Å². The quantitative estimate of drug-likeness (QED) is 0.777. The summed E-state index contributed by atoms with van der Waals surface area (Å²) in [5.41, 5.74) is 9.54. The summed E-state index contributed by atoms with van der Waals surface area (Å²) in [6.45, 7) is 0. The Hall–Kier alpha value is -2.95. The second kappa shape index (κ2) is 5.92. The molecule has 3 aromatic rings. The molecule has 24 heavy (non-hydrogen) atoms. The molecule has 0 atom stereocenters. The summed E-state index contributed by atoms with van der Waals surface area (Å²) >= 11 is 0. The van der Waals surface area contributed by atoms with Gasteiger partial charge in [-0.1, -0.05) is 48.5 Å². The van der Waals surface area contributed by atoms with Gasteiger partial charge in [0.25, 0.3) is 5.91 Å². The SMILES string of the molecule is Nc1c(C(=O)NC2CCC2)nnc2c(-c3ccccc3)cccc12. The molecule has 5 heteroatoms. The maximum absolute atomic E-state index is 12.4. The summed E-state index contributed by atoms with van der Waals surface area (Å²) in [4.78, 5) is 12.4. The molecule has 1 aliphatic carbocycles. The molecule has 5 nitrogen and oxygen atoms in total. The smallest absolute Gasteiger partial charge is 0.274 e. The maximum atomic E-state index is 12.4. The summed E-state index contributed by atoms with van der Waals surface area (Å²) in [5.74, 6) is -0.239. The minimum absolute atomic E-state index is 0.208. The van der Waals surface area contributed by atoms with Crippen molar-refractivity contribution in [3.05, 3.63) is 54.2 Å². The van der Waals surface area contributed by atoms with E-state index in [1.165, 1.54) is 0 Å². The van der Waals surface area contributed by atoms with Crippen molar-refractivity contribution in [2.45, 2.75) is 25.3 Å². The third-order valence-corrected chi connectivity index (χ3v) is 4.57. The predicted molar refractivity (Wildman–Crippen MR) is 94.5 cm³/mol. The van der Waals surface area contributed by atoms with E-state index in [0.717, 1.165) is 35.8 Å². The van der Waals surface area contributed by atoms with Gasteiger partial charge < -0.3 is 11.1 Å². The normalized spacial score (nSPS) is 14.3. The van der Waals surface area contributed by atoms with Gasteiger partial charge in [0.1, 0.15) is 5.52 Å². The Morgan fingerprint density at radius 1 is 1.04 bits per heavy atom. The molecule has 120 valence electrons. The van der Waals surface area contributed by atoms with Gasteiger partial charge in [-0.3, -0.25) is 4.79 Å². The Balaban J connectivity index is 1.78. The molecule has 4 rings (SSSR count). The average molecular weight is 318 g/mol. The fourth-order valence-electron chi connectivity index (χ4n) is 2.97. The molecule has 0 spiro atoms. The minimum atomic E-state index is -0.239. The number of rotatable bonds is 3. The summed E-state index contributed by atoms with van der Waals surface area (Å²) in [5, 5.41) is 12.1. The van der Waals surface area contributed by atoms with Gasteiger partial charge in [0, 0.05) is 17.0 Å². The van der Waals surface area contributed by atoms with Crippen molar-refractivity contribution in [2.75, 3.05) is 5.73 Å². The lowest BCUT2D eigenvalue weighted by Crippen LogP contribution is -2.40. The Morgan fingerprint density at radius 3 is 2.54 bits per heavy atom. The Labute approximate surface area is 139 Å². The second-order valence-electron chi connectivity index (χ2n) is 6.13. The number of carbonyl (C=O) groups excluding carboxylic acids is 1. The van der Waals surface area contributed by atoms with Crippen molar-refractivity contribution >= 4 is 22.5 Å². The van der Waals surface area contributed by atoms with Crippen molar-refractivity contribution in [3.63, 3.8) is 0 Å². The standard InChI is InChI=1S/C19H18N4O/c20-16-15-11-5-10-14(12-6-2-1-3-7-12)17(15)22-23-18(16)19(24)21-13-8-4-9-13/h1-3,5-7,10-11,13H,4,8-9H2,(H2,20,22)(H,21,24). The molecule has 1 amide bonds. The number of hydrogen-bond donors (Lipinski definition) is 2. The number of amides is 1. The lowest BCUT2D eigenvalue weighted by Gasteiger charge is -2.26. The number of nitrogens with one attached hydrogen (secondary N) is 1. The minimum Gasteiger partial charge on any atom is -0.396 e. The van der Waals surface area contributed by atoms with E-state index in [1.807, 2.05) is 48.5 Å². The number of nitrogens with zero attached hydrogens (tertiary/aromatic N) is 2. The molecule has 1 fully saturated rings. The first kappa shape index (κ1) is 14.6. The maximum Gasteiger partial charge on any atom is 0.274 e. The highest BCUT2D eigenvalue weighted by atomic mass is 16.2. The number of hydrogen-bond acceptors (Lipinski definition) is 4. The average Bonchev–Trinajstić information content (AvgIpc) is 2.59. The van der Waals surface area contributed by atoms with Gasteiger partial charge in [0.05, 0.1) is 5.69 Å². The molecule has 0 radical (unpaired) electrons. The van der Waals surface area contributed by atoms with E-state index in [9.17, 15) is 4.79 Å². The number of carbonyl (C=O) groups is 1. The van der Waals surface area contributed by atoms with E-state index in [4.69, 9.17) is 5.73 Å². The summed E-state index contributed by atoms with van der Waals surface area (Å²) < 4.78 is 0. The number of anilines is 1. The van der Waals surface area contributed by atoms with Crippen molar-refractivity contribution in [3.8, 4) is 11.1 Å². The van der Waals surface area contributed by atoms with E-state index in [2.05, 4.69) is 15.5 Å². The zero-order valence-corrected chi connectivity index (χ0v) is 13.2. The van der Waals surface area contributed by atoms with Crippen LogP contribution in [0.1, 0.15) is 29.8 Å². The van der Waals surface area contributed by atoms with E-state index in [1.54, 1.807) is 0 Å².